The van der Waals surface area contributed by atoms with Gasteiger partial charge in [0, 0.05) is 12.8 Å². The molecular formula is C49H92O14P2. The van der Waals surface area contributed by atoms with Gasteiger partial charge in [-0.2, -0.15) is 0 Å². The van der Waals surface area contributed by atoms with Crippen molar-refractivity contribution < 1.29 is 66.7 Å². The van der Waals surface area contributed by atoms with Gasteiger partial charge in [-0.15, -0.1) is 0 Å². The van der Waals surface area contributed by atoms with E-state index in [-0.39, 0.29) is 12.8 Å². The molecule has 5 N–H and O–H groups in total. The Labute approximate surface area is 393 Å². The highest BCUT2D eigenvalue weighted by Crippen LogP contribution is 2.44. The Kier molecular flexibility index (Phi) is 42.4. The van der Waals surface area contributed by atoms with Crippen LogP contribution in [0.2, 0.25) is 0 Å². The van der Waals surface area contributed by atoms with Crippen molar-refractivity contribution in [2.24, 2.45) is 5.92 Å². The number of carbonyl (C=O) groups excluding carboxylic acids is 2. The maximum absolute atomic E-state index is 12.7. The van der Waals surface area contributed by atoms with Gasteiger partial charge in [0.1, 0.15) is 12.7 Å². The van der Waals surface area contributed by atoms with Crippen LogP contribution in [0.5, 0.6) is 0 Å². The van der Waals surface area contributed by atoms with Crippen LogP contribution in [0.1, 0.15) is 213 Å². The molecule has 0 heterocycles. The van der Waals surface area contributed by atoms with Crippen molar-refractivity contribution in [2.45, 2.75) is 232 Å². The van der Waals surface area contributed by atoms with Crippen molar-refractivity contribution in [1.29, 1.82) is 0 Å². The molecule has 0 rings (SSSR count). The van der Waals surface area contributed by atoms with Crippen LogP contribution >= 0.6 is 15.6 Å². The van der Waals surface area contributed by atoms with Gasteiger partial charge in [0.05, 0.1) is 25.9 Å². The fourth-order valence-corrected chi connectivity index (χ4v) is 8.14. The number of hydrogen-bond acceptors (Lipinski definition) is 11. The molecule has 0 spiro atoms. The first-order valence-electron chi connectivity index (χ1n) is 25.2. The summed E-state index contributed by atoms with van der Waals surface area (Å²) < 4.78 is 47.9. The summed E-state index contributed by atoms with van der Waals surface area (Å²) in [6, 6.07) is 0. The van der Waals surface area contributed by atoms with Crippen LogP contribution in [0.15, 0.2) is 36.5 Å². The first kappa shape index (κ1) is 63.3. The minimum atomic E-state index is -4.88. The van der Waals surface area contributed by atoms with Crippen LogP contribution in [-0.4, -0.2) is 81.6 Å². The number of unbranched alkanes of at least 4 members (excludes halogenated alkanes) is 21. The zero-order valence-corrected chi connectivity index (χ0v) is 42.4. The zero-order chi connectivity index (χ0) is 48.3. The van der Waals surface area contributed by atoms with Crippen molar-refractivity contribution >= 4 is 27.6 Å². The first-order chi connectivity index (χ1) is 31.2. The lowest BCUT2D eigenvalue weighted by atomic mass is 9.99. The topological polar surface area (TPSA) is 216 Å². The molecule has 0 aromatic rings. The minimum Gasteiger partial charge on any atom is -0.462 e. The van der Waals surface area contributed by atoms with Crippen molar-refractivity contribution in [3.63, 3.8) is 0 Å². The predicted octanol–water partition coefficient (Wildman–Crippen LogP) is 12.5. The monoisotopic (exact) mass is 967 g/mol. The van der Waals surface area contributed by atoms with Gasteiger partial charge in [0.2, 0.25) is 0 Å². The molecule has 0 aliphatic carbocycles. The van der Waals surface area contributed by atoms with Crippen LogP contribution in [0.25, 0.3) is 0 Å². The Morgan fingerprint density at radius 1 is 0.538 bits per heavy atom. The number of aliphatic hydroxyl groups excluding tert-OH is 2. The average molecular weight is 967 g/mol. The van der Waals surface area contributed by atoms with E-state index in [1.54, 1.807) is 6.08 Å². The number of aliphatic hydroxyl groups is 2. The molecule has 0 aromatic heterocycles. The average Bonchev–Trinajstić information content (AvgIpc) is 3.26. The van der Waals surface area contributed by atoms with Gasteiger partial charge in [-0.1, -0.05) is 205 Å². The summed E-state index contributed by atoms with van der Waals surface area (Å²) in [5.41, 5.74) is 0. The fourth-order valence-electron chi connectivity index (χ4n) is 6.98. The Balaban J connectivity index is 4.44. The van der Waals surface area contributed by atoms with E-state index in [1.807, 2.05) is 18.2 Å². The second kappa shape index (κ2) is 43.6. The maximum Gasteiger partial charge on any atom is 0.472 e. The molecule has 0 fully saturated rings. The third kappa shape index (κ3) is 47.2. The number of hydrogen-bond donors (Lipinski definition) is 5. The van der Waals surface area contributed by atoms with E-state index in [0.717, 1.165) is 63.7 Å². The fraction of sp³-hybridized carbons (Fsp3) is 0.837. The molecular weight excluding hydrogens is 874 g/mol. The summed E-state index contributed by atoms with van der Waals surface area (Å²) in [6.07, 6.45) is 40.1. The van der Waals surface area contributed by atoms with Gasteiger partial charge in [0.15, 0.2) is 6.10 Å². The van der Waals surface area contributed by atoms with Crippen molar-refractivity contribution in [1.82, 2.24) is 0 Å². The number of carbonyl (C=O) groups is 2. The highest BCUT2D eigenvalue weighted by Gasteiger charge is 2.28. The number of ether oxygens (including phenoxy) is 2. The summed E-state index contributed by atoms with van der Waals surface area (Å²) in [5.74, 6) is -0.221. The van der Waals surface area contributed by atoms with E-state index in [1.165, 1.54) is 103 Å². The smallest absolute Gasteiger partial charge is 0.462 e. The molecule has 0 amide bonds. The van der Waals surface area contributed by atoms with Crippen molar-refractivity contribution in [2.75, 3.05) is 26.4 Å². The molecule has 3 unspecified atom stereocenters. The molecule has 16 heteroatoms. The van der Waals surface area contributed by atoms with Crippen LogP contribution in [0.3, 0.4) is 0 Å². The standard InChI is InChI=1S/C49H92O14P2/c1-4-6-7-8-21-26-31-36-45(50)37-32-27-24-29-33-38-48(52)59-42-47(43-62-65(57,58)61-41-46(51)40-60-64(54,55)56)63-49(53)39-34-28-23-20-18-16-14-12-10-9-11-13-15-17-19-22-25-30-35-44(3)5-2/h6-7,21,26,31,36,44-47,50-51H,4-5,8-20,22-25,27-30,32-35,37-43H2,1-3H3,(H,57,58)(H2,54,55,56)/b7-6+,26-21+,36-31+/t44?,45?,46-,47+/m0/s1. The zero-order valence-electron chi connectivity index (χ0n) is 40.6. The Morgan fingerprint density at radius 3 is 1.51 bits per heavy atom. The van der Waals surface area contributed by atoms with Crippen LogP contribution in [0, 0.1) is 5.92 Å². The van der Waals surface area contributed by atoms with Crippen molar-refractivity contribution in [3.8, 4) is 0 Å². The van der Waals surface area contributed by atoms with E-state index >= 15 is 0 Å². The summed E-state index contributed by atoms with van der Waals surface area (Å²) >= 11 is 0. The normalized spacial score (nSPS) is 15.1. The lowest BCUT2D eigenvalue weighted by Crippen LogP contribution is -2.30. The number of esters is 2. The highest BCUT2D eigenvalue weighted by molar-refractivity contribution is 7.47. The van der Waals surface area contributed by atoms with Crippen molar-refractivity contribution in [3.05, 3.63) is 36.5 Å². The summed E-state index contributed by atoms with van der Waals surface area (Å²) in [5, 5.41) is 19.9. The van der Waals surface area contributed by atoms with Gasteiger partial charge in [-0.3, -0.25) is 23.2 Å². The van der Waals surface area contributed by atoms with E-state index < -0.39 is 72.3 Å². The molecule has 5 atom stereocenters. The molecule has 0 radical (unpaired) electrons. The third-order valence-electron chi connectivity index (χ3n) is 11.2. The molecule has 382 valence electrons. The van der Waals surface area contributed by atoms with Crippen LogP contribution < -0.4 is 0 Å². The Bertz CT molecular complexity index is 1320. The van der Waals surface area contributed by atoms with Gasteiger partial charge in [0.25, 0.3) is 0 Å². The molecule has 0 saturated carbocycles. The van der Waals surface area contributed by atoms with E-state index in [0.29, 0.717) is 19.3 Å². The second-order valence-corrected chi connectivity index (χ2v) is 20.2. The van der Waals surface area contributed by atoms with Crippen LogP contribution in [-0.2, 0) is 41.8 Å². The molecule has 0 aromatic carbocycles. The predicted molar refractivity (Wildman–Crippen MR) is 259 cm³/mol. The SMILES string of the molecule is CC/C=C/C/C=C/C=C/C(O)CCCCCCCC(=O)OC[C@H](COP(=O)(O)OC[C@@H](O)COP(=O)(O)O)OC(=O)CCCCCCCCCCCCCCCCCCCCC(C)CC. The van der Waals surface area contributed by atoms with Gasteiger partial charge in [-0.05, 0) is 38.0 Å². The molecule has 0 bridgehead atoms. The largest absolute Gasteiger partial charge is 0.472 e. The van der Waals surface area contributed by atoms with Crippen LogP contribution in [0.4, 0.5) is 0 Å². The molecule has 14 nitrogen and oxygen atoms in total. The van der Waals surface area contributed by atoms with Gasteiger partial charge < -0.3 is 34.4 Å². The lowest BCUT2D eigenvalue weighted by Gasteiger charge is -2.20. The molecule has 65 heavy (non-hydrogen) atoms. The number of phosphoric ester groups is 2. The lowest BCUT2D eigenvalue weighted by molar-refractivity contribution is -0.161. The Hall–Kier alpha value is -1.70. The number of rotatable bonds is 47. The Morgan fingerprint density at radius 2 is 1.00 bits per heavy atom. The second-order valence-electron chi connectivity index (χ2n) is 17.5. The molecule has 0 saturated heterocycles. The summed E-state index contributed by atoms with van der Waals surface area (Å²) in [6.45, 7) is 3.94. The third-order valence-corrected chi connectivity index (χ3v) is 12.6. The quantitative estimate of drug-likeness (QED) is 0.0126. The van der Waals surface area contributed by atoms with E-state index in [4.69, 9.17) is 28.3 Å². The number of phosphoric acid groups is 2. The first-order valence-corrected chi connectivity index (χ1v) is 28.2. The molecule has 0 aliphatic rings. The molecule has 0 aliphatic heterocycles. The number of allylic oxidation sites excluding steroid dienone is 5. The highest BCUT2D eigenvalue weighted by atomic mass is 31.2. The minimum absolute atomic E-state index is 0.114. The maximum atomic E-state index is 12.7. The summed E-state index contributed by atoms with van der Waals surface area (Å²) in [4.78, 5) is 52.9. The van der Waals surface area contributed by atoms with E-state index in [9.17, 15) is 33.8 Å². The summed E-state index contributed by atoms with van der Waals surface area (Å²) in [7, 11) is -9.71. The van der Waals surface area contributed by atoms with Gasteiger partial charge >= 0.3 is 27.6 Å². The van der Waals surface area contributed by atoms with Gasteiger partial charge in [-0.25, -0.2) is 9.13 Å². The van der Waals surface area contributed by atoms with E-state index in [2.05, 4.69) is 37.4 Å².